The predicted octanol–water partition coefficient (Wildman–Crippen LogP) is 6.74. The van der Waals surface area contributed by atoms with Gasteiger partial charge in [-0.3, -0.25) is 9.59 Å². The standard InChI is InChI=1S/C27H35NO2/c1-2-3-4-5-6-7-8-9-16-21-24(29)28-25(22-17-12-10-13-18-22)26(28)27(30)23-19-14-11-15-20-23/h10-15,17-20,25-26H,2-9,16,21H2,1H3/t25-,26+,28?/m1/s1. The van der Waals surface area contributed by atoms with Crippen LogP contribution in [0.25, 0.3) is 0 Å². The summed E-state index contributed by atoms with van der Waals surface area (Å²) in [5.74, 6) is 0.158. The average Bonchev–Trinajstić information content (AvgIpc) is 3.54. The van der Waals surface area contributed by atoms with Crippen molar-refractivity contribution in [3.05, 3.63) is 71.8 Å². The molecule has 1 saturated heterocycles. The van der Waals surface area contributed by atoms with E-state index < -0.39 is 0 Å². The van der Waals surface area contributed by atoms with E-state index >= 15 is 0 Å². The Morgan fingerprint density at radius 2 is 1.27 bits per heavy atom. The molecule has 2 aromatic carbocycles. The van der Waals surface area contributed by atoms with Crippen LogP contribution in [0.3, 0.4) is 0 Å². The van der Waals surface area contributed by atoms with Crippen LogP contribution < -0.4 is 0 Å². The van der Waals surface area contributed by atoms with Crippen LogP contribution in [0, 0.1) is 0 Å². The molecule has 0 unspecified atom stereocenters. The van der Waals surface area contributed by atoms with Crippen LogP contribution in [0.4, 0.5) is 0 Å². The minimum absolute atomic E-state index is 0.0462. The van der Waals surface area contributed by atoms with Gasteiger partial charge in [-0.1, -0.05) is 119 Å². The van der Waals surface area contributed by atoms with Crippen molar-refractivity contribution in [1.29, 1.82) is 0 Å². The van der Waals surface area contributed by atoms with Crippen LogP contribution in [0.5, 0.6) is 0 Å². The highest BCUT2D eigenvalue weighted by Crippen LogP contribution is 2.45. The summed E-state index contributed by atoms with van der Waals surface area (Å²) in [6.45, 7) is 2.24. The summed E-state index contributed by atoms with van der Waals surface area (Å²) < 4.78 is 0. The lowest BCUT2D eigenvalue weighted by atomic mass is 10.0. The Hall–Kier alpha value is -2.42. The molecule has 0 spiro atoms. The molecule has 1 fully saturated rings. The number of ketones is 1. The lowest BCUT2D eigenvalue weighted by Gasteiger charge is -2.06. The summed E-state index contributed by atoms with van der Waals surface area (Å²) in [7, 11) is 0. The van der Waals surface area contributed by atoms with Gasteiger partial charge in [0.25, 0.3) is 0 Å². The monoisotopic (exact) mass is 405 g/mol. The summed E-state index contributed by atoms with van der Waals surface area (Å²) in [5, 5.41) is 0. The van der Waals surface area contributed by atoms with Crippen LogP contribution in [-0.2, 0) is 4.79 Å². The maximum atomic E-state index is 13.0. The zero-order valence-electron chi connectivity index (χ0n) is 18.3. The van der Waals surface area contributed by atoms with Gasteiger partial charge in [0.05, 0.1) is 6.04 Å². The first kappa shape index (κ1) is 22.3. The summed E-state index contributed by atoms with van der Waals surface area (Å²) >= 11 is 0. The highest BCUT2D eigenvalue weighted by Gasteiger charge is 2.55. The number of nitrogens with zero attached hydrogens (tertiary/aromatic N) is 1. The third kappa shape index (κ3) is 6.04. The number of Topliss-reactive ketones (excluding diaryl/α,β-unsaturated/α-hetero) is 1. The topological polar surface area (TPSA) is 37.1 Å². The first-order chi connectivity index (χ1) is 14.7. The van der Waals surface area contributed by atoms with Crippen molar-refractivity contribution in [3.63, 3.8) is 0 Å². The Kier molecular flexibility index (Phi) is 8.67. The van der Waals surface area contributed by atoms with E-state index in [0.29, 0.717) is 12.0 Å². The quantitative estimate of drug-likeness (QED) is 0.210. The van der Waals surface area contributed by atoms with Gasteiger partial charge in [-0.25, -0.2) is 0 Å². The predicted molar refractivity (Wildman–Crippen MR) is 122 cm³/mol. The molecule has 0 saturated carbocycles. The third-order valence-corrected chi connectivity index (χ3v) is 6.06. The van der Waals surface area contributed by atoms with Crippen molar-refractivity contribution in [3.8, 4) is 0 Å². The Bertz CT molecular complexity index is 787. The van der Waals surface area contributed by atoms with E-state index in [2.05, 4.69) is 6.92 Å². The molecule has 160 valence electrons. The second kappa shape index (κ2) is 11.7. The summed E-state index contributed by atoms with van der Waals surface area (Å²) in [4.78, 5) is 27.8. The van der Waals surface area contributed by atoms with Gasteiger partial charge in [-0.2, -0.15) is 0 Å². The highest BCUT2D eigenvalue weighted by molar-refractivity contribution is 6.05. The molecule has 0 radical (unpaired) electrons. The molecule has 1 aliphatic rings. The van der Waals surface area contributed by atoms with Crippen LogP contribution in [-0.4, -0.2) is 22.6 Å². The van der Waals surface area contributed by atoms with Crippen molar-refractivity contribution >= 4 is 11.7 Å². The van der Waals surface area contributed by atoms with E-state index in [4.69, 9.17) is 0 Å². The Balaban J connectivity index is 1.49. The second-order valence-corrected chi connectivity index (χ2v) is 8.41. The normalized spacial score (nSPS) is 17.7. The Labute approximate surface area is 181 Å². The van der Waals surface area contributed by atoms with E-state index in [1.165, 1.54) is 44.9 Å². The zero-order chi connectivity index (χ0) is 21.2. The molecule has 30 heavy (non-hydrogen) atoms. The number of benzene rings is 2. The molecule has 1 amide bonds. The van der Waals surface area contributed by atoms with E-state index in [-0.39, 0.29) is 23.8 Å². The number of amides is 1. The molecule has 2 atom stereocenters. The van der Waals surface area contributed by atoms with Gasteiger partial charge in [0.2, 0.25) is 5.91 Å². The SMILES string of the molecule is CCCCCCCCCCCC(=O)N1[C@H](C(=O)c2ccccc2)[C@H]1c1ccccc1. The largest absolute Gasteiger partial charge is 0.320 e. The first-order valence-electron chi connectivity index (χ1n) is 11.7. The highest BCUT2D eigenvalue weighted by atomic mass is 16.2. The number of rotatable bonds is 13. The summed E-state index contributed by atoms with van der Waals surface area (Å²) in [6, 6.07) is 18.8. The van der Waals surface area contributed by atoms with Crippen LogP contribution in [0.15, 0.2) is 60.7 Å². The van der Waals surface area contributed by atoms with Crippen molar-refractivity contribution in [2.45, 2.75) is 83.2 Å². The minimum Gasteiger partial charge on any atom is -0.320 e. The molecule has 2 aromatic rings. The fourth-order valence-corrected chi connectivity index (χ4v) is 4.29. The van der Waals surface area contributed by atoms with Crippen LogP contribution in [0.1, 0.15) is 93.1 Å². The lowest BCUT2D eigenvalue weighted by molar-refractivity contribution is -0.126. The maximum absolute atomic E-state index is 13.0. The fourth-order valence-electron chi connectivity index (χ4n) is 4.29. The number of carbonyl (C=O) groups is 2. The molecule has 0 aromatic heterocycles. The number of unbranched alkanes of at least 4 members (excludes halogenated alkanes) is 8. The molecule has 0 bridgehead atoms. The van der Waals surface area contributed by atoms with Gasteiger partial charge in [-0.05, 0) is 12.0 Å². The molecule has 3 heteroatoms. The van der Waals surface area contributed by atoms with Crippen molar-refractivity contribution < 1.29 is 9.59 Å². The van der Waals surface area contributed by atoms with Gasteiger partial charge in [0, 0.05) is 12.0 Å². The molecule has 1 aliphatic heterocycles. The van der Waals surface area contributed by atoms with Crippen LogP contribution in [0.2, 0.25) is 0 Å². The number of hydrogen-bond acceptors (Lipinski definition) is 2. The molecule has 0 aliphatic carbocycles. The first-order valence-corrected chi connectivity index (χ1v) is 11.7. The van der Waals surface area contributed by atoms with E-state index in [9.17, 15) is 9.59 Å². The molecule has 3 nitrogen and oxygen atoms in total. The van der Waals surface area contributed by atoms with E-state index in [1.807, 2.05) is 60.7 Å². The van der Waals surface area contributed by atoms with Gasteiger partial charge < -0.3 is 4.90 Å². The van der Waals surface area contributed by atoms with E-state index in [0.717, 1.165) is 18.4 Å². The molecule has 3 rings (SSSR count). The lowest BCUT2D eigenvalue weighted by Crippen LogP contribution is -2.18. The van der Waals surface area contributed by atoms with E-state index in [1.54, 1.807) is 4.90 Å². The Morgan fingerprint density at radius 1 is 0.733 bits per heavy atom. The second-order valence-electron chi connectivity index (χ2n) is 8.41. The molecule has 1 heterocycles. The fraction of sp³-hybridized carbons (Fsp3) is 0.481. The molecular weight excluding hydrogens is 370 g/mol. The van der Waals surface area contributed by atoms with Gasteiger partial charge >= 0.3 is 0 Å². The van der Waals surface area contributed by atoms with Gasteiger partial charge in [0.15, 0.2) is 5.78 Å². The number of carbonyl (C=O) groups excluding carboxylic acids is 2. The minimum atomic E-state index is -0.360. The third-order valence-electron chi connectivity index (χ3n) is 6.06. The smallest absolute Gasteiger partial charge is 0.223 e. The maximum Gasteiger partial charge on any atom is 0.223 e. The van der Waals surface area contributed by atoms with Crippen LogP contribution >= 0.6 is 0 Å². The van der Waals surface area contributed by atoms with Crippen molar-refractivity contribution in [2.75, 3.05) is 0 Å². The summed E-state index contributed by atoms with van der Waals surface area (Å²) in [6.07, 6.45) is 11.6. The molecule has 0 N–H and O–H groups in total. The Morgan fingerprint density at radius 3 is 1.87 bits per heavy atom. The van der Waals surface area contributed by atoms with Gasteiger partial charge in [0.1, 0.15) is 6.04 Å². The molecular formula is C27H35NO2. The summed E-state index contributed by atoms with van der Waals surface area (Å²) in [5.41, 5.74) is 1.73. The van der Waals surface area contributed by atoms with Crippen molar-refractivity contribution in [1.82, 2.24) is 4.90 Å². The average molecular weight is 406 g/mol. The van der Waals surface area contributed by atoms with Gasteiger partial charge in [-0.15, -0.1) is 0 Å². The number of hydrogen-bond donors (Lipinski definition) is 0. The van der Waals surface area contributed by atoms with Crippen molar-refractivity contribution in [2.24, 2.45) is 0 Å². The zero-order valence-corrected chi connectivity index (χ0v) is 18.3.